The molecular formula is C22H25F2N7O. The molecule has 10 heteroatoms. The van der Waals surface area contributed by atoms with Crippen LogP contribution in [0.25, 0.3) is 16.6 Å². The number of piperazine rings is 1. The van der Waals surface area contributed by atoms with Gasteiger partial charge in [-0.05, 0) is 31.7 Å². The van der Waals surface area contributed by atoms with Gasteiger partial charge in [0.1, 0.15) is 11.8 Å². The molecule has 8 nitrogen and oxygen atoms in total. The molecule has 2 atom stereocenters. The highest BCUT2D eigenvalue weighted by molar-refractivity contribution is 5.85. The normalized spacial score (nSPS) is 24.4. The van der Waals surface area contributed by atoms with Crippen molar-refractivity contribution < 1.29 is 13.6 Å². The molecule has 2 saturated heterocycles. The van der Waals surface area contributed by atoms with E-state index in [0.717, 1.165) is 62.1 Å². The van der Waals surface area contributed by atoms with Crippen molar-refractivity contribution >= 4 is 17.2 Å². The lowest BCUT2D eigenvalue weighted by molar-refractivity contribution is -0.149. The minimum Gasteiger partial charge on any atom is -0.351 e. The molecule has 3 aromatic rings. The number of hydrogen-bond donors (Lipinski definition) is 0. The van der Waals surface area contributed by atoms with E-state index in [4.69, 9.17) is 0 Å². The smallest absolute Gasteiger partial charge is 0.333 e. The number of anilines is 1. The number of hydrogen-bond acceptors (Lipinski definition) is 5. The van der Waals surface area contributed by atoms with Crippen LogP contribution in [0.5, 0.6) is 0 Å². The van der Waals surface area contributed by atoms with Crippen LogP contribution in [0.1, 0.15) is 45.6 Å². The van der Waals surface area contributed by atoms with Crippen LogP contribution >= 0.6 is 0 Å². The maximum absolute atomic E-state index is 13.2. The number of amides is 1. The first-order chi connectivity index (χ1) is 15.4. The van der Waals surface area contributed by atoms with Gasteiger partial charge in [-0.1, -0.05) is 13.3 Å². The highest BCUT2D eigenvalue weighted by Gasteiger charge is 2.50. The number of fused-ring (bicyclic) bond motifs is 3. The summed E-state index contributed by atoms with van der Waals surface area (Å²) in [5, 5.41) is 8.04. The highest BCUT2D eigenvalue weighted by atomic mass is 19.3. The van der Waals surface area contributed by atoms with E-state index >= 15 is 0 Å². The Morgan fingerprint density at radius 2 is 1.88 bits per heavy atom. The summed E-state index contributed by atoms with van der Waals surface area (Å²) in [7, 11) is 0. The molecule has 0 N–H and O–H groups in total. The fourth-order valence-electron chi connectivity index (χ4n) is 5.55. The Bertz CT molecular complexity index is 1170. The van der Waals surface area contributed by atoms with Gasteiger partial charge in [-0.3, -0.25) is 4.79 Å². The van der Waals surface area contributed by atoms with E-state index in [9.17, 15) is 13.6 Å². The zero-order valence-electron chi connectivity index (χ0n) is 17.9. The van der Waals surface area contributed by atoms with Crippen LogP contribution in [0.15, 0.2) is 31.0 Å². The van der Waals surface area contributed by atoms with E-state index in [2.05, 4.69) is 31.9 Å². The van der Waals surface area contributed by atoms with E-state index in [0.29, 0.717) is 16.2 Å². The van der Waals surface area contributed by atoms with Gasteiger partial charge in [-0.25, -0.2) is 14.2 Å². The molecule has 0 aromatic carbocycles. The maximum Gasteiger partial charge on any atom is 0.333 e. The Hall–Kier alpha value is -3.04. The van der Waals surface area contributed by atoms with Gasteiger partial charge in [0, 0.05) is 54.1 Å². The van der Waals surface area contributed by atoms with Crippen molar-refractivity contribution in [1.82, 2.24) is 29.3 Å². The van der Waals surface area contributed by atoms with Crippen molar-refractivity contribution in [3.05, 3.63) is 31.0 Å². The lowest BCUT2D eigenvalue weighted by Crippen LogP contribution is -2.60. The topological polar surface area (TPSA) is 71.6 Å². The Morgan fingerprint density at radius 3 is 2.50 bits per heavy atom. The quantitative estimate of drug-likeness (QED) is 0.621. The number of aromatic nitrogens is 5. The Labute approximate surface area is 183 Å². The molecule has 3 aliphatic rings. The average molecular weight is 441 g/mol. The van der Waals surface area contributed by atoms with Crippen LogP contribution in [-0.2, 0) is 4.79 Å². The lowest BCUT2D eigenvalue weighted by Gasteiger charge is -2.47. The molecule has 0 spiro atoms. The molecule has 3 fully saturated rings. The molecule has 0 radical (unpaired) electrons. The van der Waals surface area contributed by atoms with Gasteiger partial charge in [-0.2, -0.15) is 19.0 Å². The third-order valence-electron chi connectivity index (χ3n) is 7.51. The first-order valence-corrected chi connectivity index (χ1v) is 11.2. The van der Waals surface area contributed by atoms with Gasteiger partial charge >= 0.3 is 6.55 Å². The highest BCUT2D eigenvalue weighted by Crippen LogP contribution is 2.45. The van der Waals surface area contributed by atoms with Gasteiger partial charge in [0.2, 0.25) is 5.91 Å². The van der Waals surface area contributed by atoms with Crippen LogP contribution in [0.2, 0.25) is 0 Å². The van der Waals surface area contributed by atoms with Crippen molar-refractivity contribution in [2.45, 2.75) is 57.7 Å². The fraction of sp³-hybridized carbons (Fsp3) is 0.545. The van der Waals surface area contributed by atoms with Crippen LogP contribution in [0, 0.1) is 5.41 Å². The molecule has 6 rings (SSSR count). The van der Waals surface area contributed by atoms with Crippen molar-refractivity contribution in [3.63, 3.8) is 0 Å². The third kappa shape index (κ3) is 2.91. The van der Waals surface area contributed by atoms with Crippen molar-refractivity contribution in [2.24, 2.45) is 5.41 Å². The van der Waals surface area contributed by atoms with E-state index in [-0.39, 0.29) is 17.5 Å². The summed E-state index contributed by atoms with van der Waals surface area (Å²) in [6.45, 7) is 0.924. The fourth-order valence-corrected chi connectivity index (χ4v) is 5.55. The van der Waals surface area contributed by atoms with Crippen LogP contribution < -0.4 is 4.90 Å². The Morgan fingerprint density at radius 1 is 1.12 bits per heavy atom. The third-order valence-corrected chi connectivity index (χ3v) is 7.51. The van der Waals surface area contributed by atoms with Crippen molar-refractivity contribution in [2.75, 3.05) is 18.0 Å². The summed E-state index contributed by atoms with van der Waals surface area (Å²) in [5.41, 5.74) is 2.00. The second-order valence-electron chi connectivity index (χ2n) is 9.55. The van der Waals surface area contributed by atoms with Crippen LogP contribution in [-0.4, -0.2) is 60.4 Å². The van der Waals surface area contributed by atoms with Gasteiger partial charge in [0.25, 0.3) is 0 Å². The van der Waals surface area contributed by atoms with Gasteiger partial charge in [0.15, 0.2) is 5.82 Å². The molecule has 2 unspecified atom stereocenters. The SMILES string of the molecule is CC1(C(=O)N2C3CCC2CN(c2ncnn4cc(-c5cnn(C(F)F)c5)cc24)C3)CCC1. The predicted octanol–water partition coefficient (Wildman–Crippen LogP) is 3.36. The summed E-state index contributed by atoms with van der Waals surface area (Å²) in [6.07, 6.45) is 11.2. The second kappa shape index (κ2) is 6.98. The minimum absolute atomic E-state index is 0.176. The minimum atomic E-state index is -2.67. The summed E-state index contributed by atoms with van der Waals surface area (Å²) in [5.74, 6) is 1.14. The summed E-state index contributed by atoms with van der Waals surface area (Å²) < 4.78 is 28.2. The van der Waals surface area contributed by atoms with Crippen LogP contribution in [0.4, 0.5) is 14.6 Å². The van der Waals surface area contributed by atoms with Crippen LogP contribution in [0.3, 0.4) is 0 Å². The number of carbonyl (C=O) groups excluding carboxylic acids is 1. The van der Waals surface area contributed by atoms with Crippen molar-refractivity contribution in [1.29, 1.82) is 0 Å². The largest absolute Gasteiger partial charge is 0.351 e. The molecule has 168 valence electrons. The molecule has 2 aliphatic heterocycles. The predicted molar refractivity (Wildman–Crippen MR) is 113 cm³/mol. The molecule has 1 aliphatic carbocycles. The monoisotopic (exact) mass is 441 g/mol. The molecule has 3 aromatic heterocycles. The van der Waals surface area contributed by atoms with E-state index in [1.807, 2.05) is 6.07 Å². The number of halogens is 2. The molecule has 32 heavy (non-hydrogen) atoms. The zero-order chi connectivity index (χ0) is 22.0. The van der Waals surface area contributed by atoms with Gasteiger partial charge < -0.3 is 9.80 Å². The standard InChI is InChI=1S/C22H25F2N7O/c1-22(5-2-6-22)20(32)31-16-3-4-17(31)12-28(11-16)19-18-7-14(9-29(18)27-13-25-19)15-8-26-30(10-15)21(23)24/h7-10,13,16-17,21H,2-6,11-12H2,1H3. The summed E-state index contributed by atoms with van der Waals surface area (Å²) in [4.78, 5) is 22.2. The first kappa shape index (κ1) is 19.6. The molecular weight excluding hydrogens is 416 g/mol. The first-order valence-electron chi connectivity index (χ1n) is 11.2. The zero-order valence-corrected chi connectivity index (χ0v) is 17.9. The van der Waals surface area contributed by atoms with E-state index < -0.39 is 6.55 Å². The maximum atomic E-state index is 13.2. The second-order valence-corrected chi connectivity index (χ2v) is 9.55. The number of rotatable bonds is 4. The molecule has 1 amide bonds. The summed E-state index contributed by atoms with van der Waals surface area (Å²) >= 11 is 0. The number of carbonyl (C=O) groups is 1. The number of alkyl halides is 2. The number of nitrogens with zero attached hydrogens (tertiary/aromatic N) is 7. The molecule has 5 heterocycles. The molecule has 1 saturated carbocycles. The lowest BCUT2D eigenvalue weighted by atomic mass is 9.69. The van der Waals surface area contributed by atoms with E-state index in [1.165, 1.54) is 18.7 Å². The average Bonchev–Trinajstić information content (AvgIpc) is 3.46. The van der Waals surface area contributed by atoms with Gasteiger partial charge in [0.05, 0.1) is 6.20 Å². The Kier molecular flexibility index (Phi) is 4.28. The summed E-state index contributed by atoms with van der Waals surface area (Å²) in [6, 6.07) is 2.32. The van der Waals surface area contributed by atoms with Crippen molar-refractivity contribution in [3.8, 4) is 11.1 Å². The van der Waals surface area contributed by atoms with Gasteiger partial charge in [-0.15, -0.1) is 0 Å². The molecule has 2 bridgehead atoms. The van der Waals surface area contributed by atoms with E-state index in [1.54, 1.807) is 10.7 Å². The Balaban J connectivity index is 1.29.